The Bertz CT molecular complexity index is 1000. The Morgan fingerprint density at radius 1 is 1.15 bits per heavy atom. The SMILES string of the molecule is CNS(=O)(=O)c1ccc(C(=O)N/N=C2\CCc3c(Cl)ccc(O)c32)cc1. The van der Waals surface area contributed by atoms with Crippen molar-refractivity contribution in [2.45, 2.75) is 17.7 Å². The first-order valence-electron chi connectivity index (χ1n) is 7.74. The van der Waals surface area contributed by atoms with E-state index in [9.17, 15) is 18.3 Å². The lowest BCUT2D eigenvalue weighted by Gasteiger charge is -2.06. The van der Waals surface area contributed by atoms with Crippen molar-refractivity contribution in [2.24, 2.45) is 5.10 Å². The molecule has 0 aromatic heterocycles. The maximum Gasteiger partial charge on any atom is 0.271 e. The second-order valence-electron chi connectivity index (χ2n) is 5.65. The minimum Gasteiger partial charge on any atom is -0.507 e. The smallest absolute Gasteiger partial charge is 0.271 e. The van der Waals surface area contributed by atoms with Gasteiger partial charge in [-0.3, -0.25) is 4.79 Å². The lowest BCUT2D eigenvalue weighted by atomic mass is 10.1. The molecule has 1 aliphatic rings. The van der Waals surface area contributed by atoms with Gasteiger partial charge in [0.2, 0.25) is 10.0 Å². The zero-order valence-corrected chi connectivity index (χ0v) is 15.4. The number of phenols is 1. The second-order valence-corrected chi connectivity index (χ2v) is 7.95. The van der Waals surface area contributed by atoms with E-state index in [4.69, 9.17) is 11.6 Å². The highest BCUT2D eigenvalue weighted by Crippen LogP contribution is 2.35. The van der Waals surface area contributed by atoms with Crippen LogP contribution in [0.2, 0.25) is 5.02 Å². The first kappa shape index (κ1) is 18.4. The molecule has 0 spiro atoms. The third kappa shape index (κ3) is 3.44. The molecular weight excluding hydrogens is 378 g/mol. The molecular formula is C17H16ClN3O4S. The highest BCUT2D eigenvalue weighted by Gasteiger charge is 2.24. The van der Waals surface area contributed by atoms with Gasteiger partial charge in [0, 0.05) is 16.1 Å². The Balaban J connectivity index is 1.79. The fourth-order valence-electron chi connectivity index (χ4n) is 2.74. The Morgan fingerprint density at radius 2 is 1.85 bits per heavy atom. The van der Waals surface area contributed by atoms with E-state index in [1.807, 2.05) is 0 Å². The van der Waals surface area contributed by atoms with Crippen LogP contribution in [0.4, 0.5) is 0 Å². The van der Waals surface area contributed by atoms with Gasteiger partial charge in [0.1, 0.15) is 5.75 Å². The number of nitrogens with zero attached hydrogens (tertiary/aromatic N) is 1. The fourth-order valence-corrected chi connectivity index (χ4v) is 3.72. The van der Waals surface area contributed by atoms with E-state index in [0.29, 0.717) is 29.1 Å². The lowest BCUT2D eigenvalue weighted by molar-refractivity contribution is 0.0954. The highest BCUT2D eigenvalue weighted by molar-refractivity contribution is 7.89. The van der Waals surface area contributed by atoms with Crippen LogP contribution in [0.25, 0.3) is 0 Å². The van der Waals surface area contributed by atoms with Gasteiger partial charge in [-0.2, -0.15) is 5.10 Å². The number of fused-ring (bicyclic) bond motifs is 1. The maximum atomic E-state index is 12.2. The van der Waals surface area contributed by atoms with Gasteiger partial charge in [0.25, 0.3) is 5.91 Å². The summed E-state index contributed by atoms with van der Waals surface area (Å²) in [7, 11) is -2.25. The van der Waals surface area contributed by atoms with Crippen molar-refractivity contribution in [1.82, 2.24) is 10.1 Å². The Hall–Kier alpha value is -2.42. The molecule has 1 amide bonds. The van der Waals surface area contributed by atoms with E-state index < -0.39 is 15.9 Å². The number of aromatic hydroxyl groups is 1. The Labute approximate surface area is 155 Å². The molecule has 2 aromatic rings. The number of benzene rings is 2. The minimum atomic E-state index is -3.56. The first-order valence-corrected chi connectivity index (χ1v) is 9.61. The number of phenolic OH excluding ortho intramolecular Hbond substituents is 1. The normalized spacial score (nSPS) is 15.1. The number of rotatable bonds is 4. The molecule has 7 nitrogen and oxygen atoms in total. The molecule has 0 bridgehead atoms. The largest absolute Gasteiger partial charge is 0.507 e. The van der Waals surface area contributed by atoms with Crippen molar-refractivity contribution < 1.29 is 18.3 Å². The van der Waals surface area contributed by atoms with E-state index in [2.05, 4.69) is 15.2 Å². The van der Waals surface area contributed by atoms with Crippen LogP contribution in [0.15, 0.2) is 46.4 Å². The summed E-state index contributed by atoms with van der Waals surface area (Å²) in [6.45, 7) is 0. The maximum absolute atomic E-state index is 12.2. The molecule has 0 unspecified atom stereocenters. The van der Waals surface area contributed by atoms with Crippen LogP contribution in [0.1, 0.15) is 27.9 Å². The lowest BCUT2D eigenvalue weighted by Crippen LogP contribution is -2.21. The van der Waals surface area contributed by atoms with Gasteiger partial charge in [-0.25, -0.2) is 18.6 Å². The fraction of sp³-hybridized carbons (Fsp3) is 0.176. The zero-order chi connectivity index (χ0) is 18.9. The third-order valence-electron chi connectivity index (χ3n) is 4.12. The van der Waals surface area contributed by atoms with Crippen molar-refractivity contribution in [2.75, 3.05) is 7.05 Å². The van der Waals surface area contributed by atoms with Crippen LogP contribution in [-0.2, 0) is 16.4 Å². The van der Waals surface area contributed by atoms with Gasteiger partial charge in [0.05, 0.1) is 10.6 Å². The number of hydrogen-bond acceptors (Lipinski definition) is 5. The summed E-state index contributed by atoms with van der Waals surface area (Å²) in [5.41, 5.74) is 4.59. The number of hydrazone groups is 1. The monoisotopic (exact) mass is 393 g/mol. The summed E-state index contributed by atoms with van der Waals surface area (Å²) in [5, 5.41) is 14.7. The number of halogens is 1. The van der Waals surface area contributed by atoms with Gasteiger partial charge in [-0.05, 0) is 61.9 Å². The number of hydrogen-bond donors (Lipinski definition) is 3. The average Bonchev–Trinajstić information content (AvgIpc) is 3.08. The van der Waals surface area contributed by atoms with Crippen molar-refractivity contribution in [1.29, 1.82) is 0 Å². The quantitative estimate of drug-likeness (QED) is 0.690. The number of carbonyl (C=O) groups is 1. The van der Waals surface area contributed by atoms with E-state index in [1.54, 1.807) is 6.07 Å². The molecule has 9 heteroatoms. The van der Waals surface area contributed by atoms with E-state index in [-0.39, 0.29) is 16.2 Å². The zero-order valence-electron chi connectivity index (χ0n) is 13.8. The molecule has 3 rings (SSSR count). The van der Waals surface area contributed by atoms with Crippen molar-refractivity contribution in [3.05, 3.63) is 58.1 Å². The molecule has 1 aliphatic carbocycles. The van der Waals surface area contributed by atoms with E-state index in [0.717, 1.165) is 5.56 Å². The Kier molecular flexibility index (Phi) is 4.99. The summed E-state index contributed by atoms with van der Waals surface area (Å²) in [5.74, 6) is -0.419. The second kappa shape index (κ2) is 7.06. The van der Waals surface area contributed by atoms with E-state index >= 15 is 0 Å². The molecule has 0 fully saturated rings. The molecule has 136 valence electrons. The highest BCUT2D eigenvalue weighted by atomic mass is 35.5. The van der Waals surface area contributed by atoms with Crippen LogP contribution in [0, 0.1) is 0 Å². The molecule has 3 N–H and O–H groups in total. The van der Waals surface area contributed by atoms with Crippen LogP contribution >= 0.6 is 11.6 Å². The average molecular weight is 394 g/mol. The molecule has 0 aliphatic heterocycles. The number of nitrogens with one attached hydrogen (secondary N) is 2. The minimum absolute atomic E-state index is 0.0622. The van der Waals surface area contributed by atoms with Gasteiger partial charge >= 0.3 is 0 Å². The predicted octanol–water partition coefficient (Wildman–Crippen LogP) is 2.03. The third-order valence-corrected chi connectivity index (χ3v) is 5.91. The van der Waals surface area contributed by atoms with Gasteiger partial charge < -0.3 is 5.11 Å². The summed E-state index contributed by atoms with van der Waals surface area (Å²) in [4.78, 5) is 12.3. The van der Waals surface area contributed by atoms with Crippen LogP contribution < -0.4 is 10.1 Å². The predicted molar refractivity (Wildman–Crippen MR) is 98.1 cm³/mol. The summed E-state index contributed by atoms with van der Waals surface area (Å²) in [6, 6.07) is 8.59. The van der Waals surface area contributed by atoms with Crippen LogP contribution in [0.3, 0.4) is 0 Å². The number of sulfonamides is 1. The summed E-state index contributed by atoms with van der Waals surface area (Å²) in [6.07, 6.45) is 1.18. The molecule has 0 saturated heterocycles. The number of amides is 1. The summed E-state index contributed by atoms with van der Waals surface area (Å²) >= 11 is 6.12. The Morgan fingerprint density at radius 3 is 2.50 bits per heavy atom. The molecule has 0 radical (unpaired) electrons. The van der Waals surface area contributed by atoms with Crippen molar-refractivity contribution >= 4 is 33.2 Å². The first-order chi connectivity index (χ1) is 12.3. The molecule has 0 heterocycles. The van der Waals surface area contributed by atoms with Gasteiger partial charge in [-0.1, -0.05) is 11.6 Å². The van der Waals surface area contributed by atoms with Crippen LogP contribution in [0.5, 0.6) is 5.75 Å². The summed E-state index contributed by atoms with van der Waals surface area (Å²) < 4.78 is 25.6. The van der Waals surface area contributed by atoms with Crippen molar-refractivity contribution in [3.63, 3.8) is 0 Å². The standard InChI is InChI=1S/C17H16ClN3O4S/c1-19-26(24,25)11-4-2-10(3-5-11)17(23)21-20-14-8-6-12-13(18)7-9-15(22)16(12)14/h2-5,7,9,19,22H,6,8H2,1H3,(H,21,23)/b20-14+. The van der Waals surface area contributed by atoms with E-state index in [1.165, 1.54) is 37.4 Å². The molecule has 2 aromatic carbocycles. The molecule has 0 atom stereocenters. The molecule has 0 saturated carbocycles. The van der Waals surface area contributed by atoms with Crippen molar-refractivity contribution in [3.8, 4) is 5.75 Å². The van der Waals surface area contributed by atoms with Gasteiger partial charge in [-0.15, -0.1) is 0 Å². The topological polar surface area (TPSA) is 108 Å². The number of carbonyl (C=O) groups excluding carboxylic acids is 1. The molecule has 26 heavy (non-hydrogen) atoms. The van der Waals surface area contributed by atoms with Crippen LogP contribution in [-0.4, -0.2) is 32.2 Å². The van der Waals surface area contributed by atoms with Gasteiger partial charge in [0.15, 0.2) is 0 Å².